The van der Waals surface area contributed by atoms with E-state index in [2.05, 4.69) is 11.4 Å². The van der Waals surface area contributed by atoms with Gasteiger partial charge in [-0.2, -0.15) is 0 Å². The minimum Gasteiger partial charge on any atom is -0.391 e. The maximum Gasteiger partial charge on any atom is 0.354 e. The third-order valence-corrected chi connectivity index (χ3v) is 1.10. The Morgan fingerprint density at radius 2 is 2.30 bits per heavy atom. The molecule has 4 nitrogen and oxygen atoms in total. The molecule has 1 aliphatic heterocycles. The van der Waals surface area contributed by atoms with Crippen molar-refractivity contribution in [2.24, 2.45) is 0 Å². The van der Waals surface area contributed by atoms with Gasteiger partial charge < -0.3 is 9.94 Å². The van der Waals surface area contributed by atoms with Crippen molar-refractivity contribution in [3.05, 3.63) is 12.2 Å². The molecular weight excluding hydrogens is 134 g/mol. The maximum absolute atomic E-state index is 10.7. The Labute approximate surface area is 58.7 Å². The molecular formula is C6H9NO3. The Morgan fingerprint density at radius 1 is 1.70 bits per heavy atom. The SMILES string of the molecule is C=C(CO)C(=O)ON1CC1. The Morgan fingerprint density at radius 3 is 2.70 bits per heavy atom. The number of carbonyl (C=O) groups is 1. The quantitative estimate of drug-likeness (QED) is 0.419. The summed E-state index contributed by atoms with van der Waals surface area (Å²) >= 11 is 0. The number of carbonyl (C=O) groups excluding carboxylic acids is 1. The van der Waals surface area contributed by atoms with Gasteiger partial charge in [-0.25, -0.2) is 4.79 Å². The Hall–Kier alpha value is -0.870. The third-order valence-electron chi connectivity index (χ3n) is 1.10. The number of hydroxylamine groups is 2. The molecule has 0 radical (unpaired) electrons. The minimum absolute atomic E-state index is 0.0897. The fraction of sp³-hybridized carbons (Fsp3) is 0.500. The first kappa shape index (κ1) is 7.24. The zero-order valence-electron chi connectivity index (χ0n) is 5.54. The van der Waals surface area contributed by atoms with Gasteiger partial charge in [0.1, 0.15) is 0 Å². The molecule has 0 atom stereocenters. The molecule has 0 bridgehead atoms. The van der Waals surface area contributed by atoms with Gasteiger partial charge in [0.05, 0.1) is 25.3 Å². The summed E-state index contributed by atoms with van der Waals surface area (Å²) in [4.78, 5) is 15.3. The Kier molecular flexibility index (Phi) is 2.03. The molecule has 1 N–H and O–H groups in total. The maximum atomic E-state index is 10.7. The second-order valence-electron chi connectivity index (χ2n) is 2.07. The monoisotopic (exact) mass is 143 g/mol. The van der Waals surface area contributed by atoms with Crippen LogP contribution >= 0.6 is 0 Å². The minimum atomic E-state index is -0.542. The predicted molar refractivity (Wildman–Crippen MR) is 33.9 cm³/mol. The molecule has 1 heterocycles. The van der Waals surface area contributed by atoms with Gasteiger partial charge in [-0.15, -0.1) is 5.06 Å². The van der Waals surface area contributed by atoms with Crippen LogP contribution in [0.4, 0.5) is 0 Å². The average molecular weight is 143 g/mol. The predicted octanol–water partition coefficient (Wildman–Crippen LogP) is -0.691. The molecule has 1 fully saturated rings. The van der Waals surface area contributed by atoms with Gasteiger partial charge in [0.25, 0.3) is 0 Å². The van der Waals surface area contributed by atoms with E-state index >= 15 is 0 Å². The molecule has 0 amide bonds. The number of rotatable bonds is 3. The second kappa shape index (κ2) is 2.81. The molecule has 1 aliphatic rings. The lowest BCUT2D eigenvalue weighted by molar-refractivity contribution is -0.161. The van der Waals surface area contributed by atoms with E-state index in [9.17, 15) is 4.79 Å². The van der Waals surface area contributed by atoms with E-state index in [4.69, 9.17) is 5.11 Å². The van der Waals surface area contributed by atoms with Crippen molar-refractivity contribution < 1.29 is 14.7 Å². The van der Waals surface area contributed by atoms with Crippen LogP contribution in [-0.2, 0) is 9.63 Å². The van der Waals surface area contributed by atoms with Gasteiger partial charge in [0, 0.05) is 0 Å². The van der Waals surface area contributed by atoms with Crippen LogP contribution in [0.5, 0.6) is 0 Å². The fourth-order valence-corrected chi connectivity index (χ4v) is 0.378. The number of nitrogens with zero attached hydrogens (tertiary/aromatic N) is 1. The molecule has 0 aromatic carbocycles. The number of aliphatic hydroxyl groups is 1. The normalized spacial score (nSPS) is 16.5. The smallest absolute Gasteiger partial charge is 0.354 e. The lowest BCUT2D eigenvalue weighted by Gasteiger charge is -2.01. The lowest BCUT2D eigenvalue weighted by atomic mass is 10.3. The summed E-state index contributed by atoms with van der Waals surface area (Å²) in [6.07, 6.45) is 0. The highest BCUT2D eigenvalue weighted by Gasteiger charge is 2.23. The van der Waals surface area contributed by atoms with Crippen LogP contribution < -0.4 is 0 Å². The first-order chi connectivity index (χ1) is 4.74. The van der Waals surface area contributed by atoms with E-state index in [0.717, 1.165) is 13.1 Å². The first-order valence-corrected chi connectivity index (χ1v) is 3.00. The van der Waals surface area contributed by atoms with Gasteiger partial charge in [-0.05, 0) is 0 Å². The lowest BCUT2D eigenvalue weighted by Crippen LogP contribution is -2.13. The van der Waals surface area contributed by atoms with Crippen LogP contribution in [-0.4, -0.2) is 35.8 Å². The van der Waals surface area contributed by atoms with Gasteiger partial charge >= 0.3 is 5.97 Å². The number of aliphatic hydroxyl groups excluding tert-OH is 1. The number of hydrogen-bond donors (Lipinski definition) is 1. The van der Waals surface area contributed by atoms with Crippen LogP contribution in [0.2, 0.25) is 0 Å². The molecule has 0 spiro atoms. The molecule has 0 saturated carbocycles. The van der Waals surface area contributed by atoms with Crippen molar-refractivity contribution in [1.82, 2.24) is 5.06 Å². The van der Waals surface area contributed by atoms with E-state index in [1.807, 2.05) is 0 Å². The fourth-order valence-electron chi connectivity index (χ4n) is 0.378. The summed E-state index contributed by atoms with van der Waals surface area (Å²) in [5, 5.41) is 9.91. The molecule has 0 unspecified atom stereocenters. The topological polar surface area (TPSA) is 49.5 Å². The van der Waals surface area contributed by atoms with Crippen molar-refractivity contribution >= 4 is 5.97 Å². The first-order valence-electron chi connectivity index (χ1n) is 3.00. The summed E-state index contributed by atoms with van der Waals surface area (Å²) in [5.74, 6) is -0.542. The Balaban J connectivity index is 2.25. The summed E-state index contributed by atoms with van der Waals surface area (Å²) in [6, 6.07) is 0. The van der Waals surface area contributed by atoms with Crippen molar-refractivity contribution in [2.45, 2.75) is 0 Å². The summed E-state index contributed by atoms with van der Waals surface area (Å²) in [5.41, 5.74) is 0.0897. The highest BCUT2D eigenvalue weighted by Crippen LogP contribution is 2.06. The van der Waals surface area contributed by atoms with Gasteiger partial charge in [-0.1, -0.05) is 6.58 Å². The van der Waals surface area contributed by atoms with Crippen LogP contribution in [0.3, 0.4) is 0 Å². The second-order valence-corrected chi connectivity index (χ2v) is 2.07. The van der Waals surface area contributed by atoms with E-state index in [1.165, 1.54) is 5.06 Å². The zero-order valence-corrected chi connectivity index (χ0v) is 5.54. The molecule has 1 saturated heterocycles. The summed E-state index contributed by atoms with van der Waals surface area (Å²) in [7, 11) is 0. The van der Waals surface area contributed by atoms with Gasteiger partial charge in [0.2, 0.25) is 0 Å². The molecule has 0 aromatic rings. The van der Waals surface area contributed by atoms with E-state index in [0.29, 0.717) is 0 Å². The highest BCUT2D eigenvalue weighted by molar-refractivity contribution is 5.87. The molecule has 0 aliphatic carbocycles. The molecule has 0 aromatic heterocycles. The summed E-state index contributed by atoms with van der Waals surface area (Å²) in [6.45, 7) is 4.53. The van der Waals surface area contributed by atoms with E-state index < -0.39 is 5.97 Å². The van der Waals surface area contributed by atoms with Crippen LogP contribution in [0.1, 0.15) is 0 Å². The standard InChI is InChI=1S/C6H9NO3/c1-5(4-8)6(9)10-7-2-3-7/h8H,1-4H2. The zero-order chi connectivity index (χ0) is 7.56. The third kappa shape index (κ3) is 1.82. The van der Waals surface area contributed by atoms with Crippen molar-refractivity contribution in [3.63, 3.8) is 0 Å². The van der Waals surface area contributed by atoms with E-state index in [1.54, 1.807) is 0 Å². The highest BCUT2D eigenvalue weighted by atomic mass is 16.7. The number of hydrogen-bond acceptors (Lipinski definition) is 4. The molecule has 56 valence electrons. The average Bonchev–Trinajstić information content (AvgIpc) is 2.70. The van der Waals surface area contributed by atoms with Crippen molar-refractivity contribution in [2.75, 3.05) is 19.7 Å². The molecule has 4 heteroatoms. The summed E-state index contributed by atoms with van der Waals surface area (Å²) < 4.78 is 0. The van der Waals surface area contributed by atoms with Crippen LogP contribution in [0, 0.1) is 0 Å². The van der Waals surface area contributed by atoms with Crippen LogP contribution in [0.25, 0.3) is 0 Å². The van der Waals surface area contributed by atoms with Crippen molar-refractivity contribution in [3.8, 4) is 0 Å². The van der Waals surface area contributed by atoms with Crippen molar-refractivity contribution in [1.29, 1.82) is 0 Å². The Bertz CT molecular complexity index is 162. The molecule has 10 heavy (non-hydrogen) atoms. The van der Waals surface area contributed by atoms with E-state index in [-0.39, 0.29) is 12.2 Å². The van der Waals surface area contributed by atoms with Gasteiger partial charge in [0.15, 0.2) is 0 Å². The van der Waals surface area contributed by atoms with Gasteiger partial charge in [-0.3, -0.25) is 0 Å². The molecule has 1 rings (SSSR count). The largest absolute Gasteiger partial charge is 0.391 e. The van der Waals surface area contributed by atoms with Crippen LogP contribution in [0.15, 0.2) is 12.2 Å².